The van der Waals surface area contributed by atoms with Crippen molar-refractivity contribution in [3.05, 3.63) is 16.7 Å². The maximum Gasteiger partial charge on any atom is 0.225 e. The van der Waals surface area contributed by atoms with Gasteiger partial charge in [0.25, 0.3) is 0 Å². The number of hydrogen-bond acceptors (Lipinski definition) is 4. The van der Waals surface area contributed by atoms with Crippen molar-refractivity contribution in [2.45, 2.75) is 26.2 Å². The Kier molecular flexibility index (Phi) is 3.39. The molecule has 5 heteroatoms. The van der Waals surface area contributed by atoms with Crippen LogP contribution in [-0.2, 0) is 0 Å². The van der Waals surface area contributed by atoms with Gasteiger partial charge in [0, 0.05) is 13.1 Å². The molecule has 2 heterocycles. The summed E-state index contributed by atoms with van der Waals surface area (Å²) in [6.45, 7) is 4.34. The van der Waals surface area contributed by atoms with Crippen molar-refractivity contribution in [2.24, 2.45) is 5.92 Å². The van der Waals surface area contributed by atoms with E-state index in [1.807, 2.05) is 0 Å². The average Bonchev–Trinajstić information content (AvgIpc) is 3.03. The smallest absolute Gasteiger partial charge is 0.225 e. The molecule has 0 N–H and O–H groups in total. The van der Waals surface area contributed by atoms with E-state index in [-0.39, 0.29) is 0 Å². The van der Waals surface area contributed by atoms with E-state index in [0.717, 1.165) is 41.5 Å². The molecule has 0 bridgehead atoms. The van der Waals surface area contributed by atoms with Crippen molar-refractivity contribution >= 4 is 39.0 Å². The molecule has 18 heavy (non-hydrogen) atoms. The molecule has 2 aromatic heterocycles. The summed E-state index contributed by atoms with van der Waals surface area (Å²) < 4.78 is 0. The second-order valence-corrected chi connectivity index (χ2v) is 6.08. The van der Waals surface area contributed by atoms with Crippen LogP contribution in [0.25, 0.3) is 10.2 Å². The molecule has 1 saturated carbocycles. The predicted molar refractivity (Wildman–Crippen MR) is 77.7 cm³/mol. The standard InChI is InChI=1S/C13H16ClN3S/c1-2-6-17(8-9-3-4-9)11-10-5-7-18-12(10)16-13(14)15-11/h5,7,9H,2-4,6,8H2,1H3. The minimum atomic E-state index is 0.358. The summed E-state index contributed by atoms with van der Waals surface area (Å²) in [6.07, 6.45) is 3.83. The Bertz CT molecular complexity index is 550. The number of nitrogens with zero attached hydrogens (tertiary/aromatic N) is 3. The lowest BCUT2D eigenvalue weighted by Gasteiger charge is -2.23. The first-order chi connectivity index (χ1) is 8.78. The predicted octanol–water partition coefficient (Wildman–Crippen LogP) is 3.97. The van der Waals surface area contributed by atoms with E-state index < -0.39 is 0 Å². The lowest BCUT2D eigenvalue weighted by atomic mass is 10.3. The molecule has 2 aromatic rings. The number of anilines is 1. The van der Waals surface area contributed by atoms with E-state index in [4.69, 9.17) is 11.6 Å². The van der Waals surface area contributed by atoms with E-state index in [1.165, 1.54) is 12.8 Å². The van der Waals surface area contributed by atoms with E-state index in [1.54, 1.807) is 11.3 Å². The first-order valence-electron chi connectivity index (χ1n) is 6.43. The van der Waals surface area contributed by atoms with Crippen molar-refractivity contribution in [1.29, 1.82) is 0 Å². The fourth-order valence-electron chi connectivity index (χ4n) is 2.22. The molecule has 1 aliphatic rings. The minimum absolute atomic E-state index is 0.358. The third-order valence-electron chi connectivity index (χ3n) is 3.25. The Hall–Kier alpha value is -0.870. The Balaban J connectivity index is 2.00. The van der Waals surface area contributed by atoms with Gasteiger partial charge in [-0.15, -0.1) is 11.3 Å². The zero-order valence-electron chi connectivity index (χ0n) is 10.4. The first kappa shape index (κ1) is 12.2. The molecule has 0 aliphatic heterocycles. The van der Waals surface area contributed by atoms with Gasteiger partial charge in [0.15, 0.2) is 0 Å². The van der Waals surface area contributed by atoms with E-state index in [0.29, 0.717) is 5.28 Å². The van der Waals surface area contributed by atoms with Crippen LogP contribution in [0.3, 0.4) is 0 Å². The average molecular weight is 282 g/mol. The molecular weight excluding hydrogens is 266 g/mol. The molecule has 0 radical (unpaired) electrons. The van der Waals surface area contributed by atoms with Crippen molar-refractivity contribution in [3.8, 4) is 0 Å². The van der Waals surface area contributed by atoms with Crippen LogP contribution in [0.1, 0.15) is 26.2 Å². The number of hydrogen-bond donors (Lipinski definition) is 0. The molecule has 1 aliphatic carbocycles. The molecular formula is C13H16ClN3S. The topological polar surface area (TPSA) is 29.0 Å². The monoisotopic (exact) mass is 281 g/mol. The summed E-state index contributed by atoms with van der Waals surface area (Å²) in [5, 5.41) is 3.55. The highest BCUT2D eigenvalue weighted by Gasteiger charge is 2.25. The van der Waals surface area contributed by atoms with E-state index in [9.17, 15) is 0 Å². The Morgan fingerprint density at radius 1 is 1.44 bits per heavy atom. The highest BCUT2D eigenvalue weighted by molar-refractivity contribution is 7.16. The van der Waals surface area contributed by atoms with Gasteiger partial charge in [0.05, 0.1) is 5.39 Å². The van der Waals surface area contributed by atoms with Crippen LogP contribution in [-0.4, -0.2) is 23.1 Å². The maximum atomic E-state index is 6.03. The van der Waals surface area contributed by atoms with Crippen LogP contribution in [0.5, 0.6) is 0 Å². The fourth-order valence-corrected chi connectivity index (χ4v) is 3.19. The van der Waals surface area contributed by atoms with Crippen LogP contribution in [0.15, 0.2) is 11.4 Å². The van der Waals surface area contributed by atoms with Gasteiger partial charge < -0.3 is 4.90 Å². The maximum absolute atomic E-state index is 6.03. The van der Waals surface area contributed by atoms with Gasteiger partial charge in [-0.05, 0) is 48.2 Å². The third-order valence-corrected chi connectivity index (χ3v) is 4.22. The van der Waals surface area contributed by atoms with Crippen LogP contribution in [0.4, 0.5) is 5.82 Å². The number of rotatable bonds is 5. The number of fused-ring (bicyclic) bond motifs is 1. The highest BCUT2D eigenvalue weighted by atomic mass is 35.5. The summed E-state index contributed by atoms with van der Waals surface area (Å²) in [6, 6.07) is 2.10. The van der Waals surface area contributed by atoms with Gasteiger partial charge in [-0.1, -0.05) is 6.92 Å². The van der Waals surface area contributed by atoms with Gasteiger partial charge in [0.1, 0.15) is 10.6 Å². The van der Waals surface area contributed by atoms with Crippen molar-refractivity contribution in [1.82, 2.24) is 9.97 Å². The third kappa shape index (κ3) is 2.45. The van der Waals surface area contributed by atoms with Crippen LogP contribution in [0, 0.1) is 5.92 Å². The van der Waals surface area contributed by atoms with Crippen LogP contribution >= 0.6 is 22.9 Å². The molecule has 1 fully saturated rings. The van der Waals surface area contributed by atoms with Gasteiger partial charge >= 0.3 is 0 Å². The largest absolute Gasteiger partial charge is 0.356 e. The molecule has 0 atom stereocenters. The SMILES string of the molecule is CCCN(CC1CC1)c1nc(Cl)nc2sccc12. The normalized spacial score (nSPS) is 15.2. The van der Waals surface area contributed by atoms with Crippen molar-refractivity contribution in [3.63, 3.8) is 0 Å². The molecule has 0 unspecified atom stereocenters. The van der Waals surface area contributed by atoms with Gasteiger partial charge in [-0.2, -0.15) is 4.98 Å². The Labute approximate surface area is 116 Å². The van der Waals surface area contributed by atoms with Crippen LogP contribution in [0.2, 0.25) is 5.28 Å². The summed E-state index contributed by atoms with van der Waals surface area (Å²) in [5.41, 5.74) is 0. The molecule has 3 nitrogen and oxygen atoms in total. The summed E-state index contributed by atoms with van der Waals surface area (Å²) >= 11 is 7.66. The summed E-state index contributed by atoms with van der Waals surface area (Å²) in [7, 11) is 0. The molecule has 3 rings (SSSR count). The van der Waals surface area contributed by atoms with E-state index in [2.05, 4.69) is 33.2 Å². The zero-order valence-corrected chi connectivity index (χ0v) is 12.0. The van der Waals surface area contributed by atoms with Crippen LogP contribution < -0.4 is 4.90 Å². The summed E-state index contributed by atoms with van der Waals surface area (Å²) in [4.78, 5) is 12.1. The molecule has 0 aromatic carbocycles. The van der Waals surface area contributed by atoms with Gasteiger partial charge in [0.2, 0.25) is 5.28 Å². The number of aromatic nitrogens is 2. The Morgan fingerprint density at radius 3 is 3.00 bits per heavy atom. The molecule has 0 spiro atoms. The lowest BCUT2D eigenvalue weighted by Crippen LogP contribution is -2.27. The zero-order chi connectivity index (χ0) is 12.5. The highest BCUT2D eigenvalue weighted by Crippen LogP contribution is 2.34. The second-order valence-electron chi connectivity index (χ2n) is 4.85. The number of thiophene rings is 1. The molecule has 0 saturated heterocycles. The van der Waals surface area contributed by atoms with E-state index >= 15 is 0 Å². The van der Waals surface area contributed by atoms with Crippen molar-refractivity contribution in [2.75, 3.05) is 18.0 Å². The summed E-state index contributed by atoms with van der Waals surface area (Å²) in [5.74, 6) is 1.86. The second kappa shape index (κ2) is 5.02. The van der Waals surface area contributed by atoms with Gasteiger partial charge in [-0.3, -0.25) is 0 Å². The first-order valence-corrected chi connectivity index (χ1v) is 7.69. The quantitative estimate of drug-likeness (QED) is 0.777. The number of halogens is 1. The fraction of sp³-hybridized carbons (Fsp3) is 0.538. The minimum Gasteiger partial charge on any atom is -0.356 e. The molecule has 96 valence electrons. The Morgan fingerprint density at radius 2 is 2.28 bits per heavy atom. The van der Waals surface area contributed by atoms with Crippen molar-refractivity contribution < 1.29 is 0 Å². The van der Waals surface area contributed by atoms with Gasteiger partial charge in [-0.25, -0.2) is 4.98 Å². The molecule has 0 amide bonds. The lowest BCUT2D eigenvalue weighted by molar-refractivity contribution is 0.701.